The van der Waals surface area contributed by atoms with Gasteiger partial charge >= 0.3 is 11.9 Å². The van der Waals surface area contributed by atoms with Crippen molar-refractivity contribution >= 4 is 17.9 Å². The van der Waals surface area contributed by atoms with E-state index in [1.54, 1.807) is 21.1 Å². The number of likely N-dealkylation sites (N-methyl/N-ethyl adjacent to an activating group) is 1. The van der Waals surface area contributed by atoms with Crippen molar-refractivity contribution in [2.75, 3.05) is 41.0 Å². The smallest absolute Gasteiger partial charge is 0.306 e. The van der Waals surface area contributed by atoms with Crippen LogP contribution in [0.2, 0.25) is 0 Å². The fourth-order valence-corrected chi connectivity index (χ4v) is 5.81. The van der Waals surface area contributed by atoms with Crippen LogP contribution in [0.15, 0.2) is 60.8 Å². The molecule has 0 amide bonds. The van der Waals surface area contributed by atoms with E-state index in [0.717, 1.165) is 32.1 Å². The molecule has 0 aliphatic carbocycles. The minimum atomic E-state index is -1.14. The van der Waals surface area contributed by atoms with Gasteiger partial charge in [0.2, 0.25) is 0 Å². The first-order valence-corrected chi connectivity index (χ1v) is 20.9. The number of esters is 2. The molecule has 304 valence electrons. The van der Waals surface area contributed by atoms with Gasteiger partial charge in [-0.3, -0.25) is 9.59 Å². The molecule has 53 heavy (non-hydrogen) atoms. The number of carboxylic acids is 1. The molecular weight excluding hydrogens is 666 g/mol. The number of carbonyl (C=O) groups excluding carboxylic acids is 3. The Morgan fingerprint density at radius 1 is 0.585 bits per heavy atom. The molecule has 0 aromatic heterocycles. The maximum Gasteiger partial charge on any atom is 0.306 e. The summed E-state index contributed by atoms with van der Waals surface area (Å²) in [6, 6.07) is -0.739. The number of hydrogen-bond donors (Lipinski definition) is 0. The minimum absolute atomic E-state index is 0.0112. The largest absolute Gasteiger partial charge is 0.544 e. The van der Waals surface area contributed by atoms with Crippen molar-refractivity contribution in [3.63, 3.8) is 0 Å². The lowest BCUT2D eigenvalue weighted by atomic mass is 10.0. The summed E-state index contributed by atoms with van der Waals surface area (Å²) in [5.41, 5.74) is 0. The summed E-state index contributed by atoms with van der Waals surface area (Å²) in [4.78, 5) is 36.7. The first-order chi connectivity index (χ1) is 25.6. The molecule has 0 saturated carbocycles. The summed E-state index contributed by atoms with van der Waals surface area (Å²) < 4.78 is 17.0. The second-order valence-corrected chi connectivity index (χ2v) is 15.0. The molecule has 0 aliphatic heterocycles. The Hall–Kier alpha value is -2.97. The number of aliphatic carboxylic acids is 1. The molecule has 0 fully saturated rings. The monoisotopic (exact) mass is 744 g/mol. The Morgan fingerprint density at radius 3 is 1.55 bits per heavy atom. The number of carboxylic acid groups (broad SMARTS) is 1. The molecule has 0 N–H and O–H groups in total. The third-order valence-electron chi connectivity index (χ3n) is 9.05. The van der Waals surface area contributed by atoms with Crippen LogP contribution in [0.1, 0.15) is 155 Å². The van der Waals surface area contributed by atoms with Gasteiger partial charge in [0, 0.05) is 19.3 Å². The highest BCUT2D eigenvalue weighted by atomic mass is 16.6. The number of unbranched alkanes of at least 4 members (excludes halogenated alkanes) is 16. The van der Waals surface area contributed by atoms with Crippen LogP contribution in [-0.2, 0) is 28.6 Å². The molecule has 2 unspecified atom stereocenters. The number of ether oxygens (including phenoxy) is 3. The Balaban J connectivity index is 4.45. The second-order valence-electron chi connectivity index (χ2n) is 15.0. The number of quaternary nitrogens is 1. The van der Waals surface area contributed by atoms with Gasteiger partial charge in [-0.1, -0.05) is 171 Å². The molecule has 0 aromatic carbocycles. The van der Waals surface area contributed by atoms with Crippen molar-refractivity contribution in [3.05, 3.63) is 60.8 Å². The summed E-state index contributed by atoms with van der Waals surface area (Å²) in [6.07, 6.45) is 42.6. The maximum atomic E-state index is 12.6. The van der Waals surface area contributed by atoms with Gasteiger partial charge < -0.3 is 28.6 Å². The van der Waals surface area contributed by atoms with E-state index in [1.165, 1.54) is 83.5 Å². The zero-order chi connectivity index (χ0) is 39.3. The van der Waals surface area contributed by atoms with Gasteiger partial charge in [0.05, 0.1) is 40.3 Å². The lowest BCUT2D eigenvalue weighted by Gasteiger charge is -2.34. The Kier molecular flexibility index (Phi) is 34.0. The molecule has 0 aromatic rings. The number of carbonyl (C=O) groups is 3. The summed E-state index contributed by atoms with van der Waals surface area (Å²) in [5.74, 6) is -1.83. The van der Waals surface area contributed by atoms with Gasteiger partial charge in [-0.25, -0.2) is 0 Å². The van der Waals surface area contributed by atoms with E-state index < -0.39 is 18.1 Å². The van der Waals surface area contributed by atoms with Crippen LogP contribution in [0.4, 0.5) is 0 Å². The van der Waals surface area contributed by atoms with Crippen molar-refractivity contribution in [1.82, 2.24) is 0 Å². The molecular formula is C45H77NO7. The minimum Gasteiger partial charge on any atom is -0.544 e. The van der Waals surface area contributed by atoms with Gasteiger partial charge in [0.1, 0.15) is 12.6 Å². The average molecular weight is 744 g/mol. The summed E-state index contributed by atoms with van der Waals surface area (Å²) in [6.45, 7) is 4.43. The van der Waals surface area contributed by atoms with Gasteiger partial charge in [0.25, 0.3) is 0 Å². The molecule has 0 heterocycles. The van der Waals surface area contributed by atoms with Gasteiger partial charge in [-0.05, 0) is 25.7 Å². The molecule has 0 aliphatic rings. The molecule has 0 spiro atoms. The molecule has 0 bridgehead atoms. The Labute approximate surface area is 324 Å². The third-order valence-corrected chi connectivity index (χ3v) is 9.05. The predicted molar refractivity (Wildman–Crippen MR) is 217 cm³/mol. The van der Waals surface area contributed by atoms with Gasteiger partial charge in [-0.2, -0.15) is 0 Å². The van der Waals surface area contributed by atoms with Crippen LogP contribution in [0.3, 0.4) is 0 Å². The van der Waals surface area contributed by atoms with E-state index in [-0.39, 0.29) is 49.1 Å². The van der Waals surface area contributed by atoms with Gasteiger partial charge in [0.15, 0.2) is 6.10 Å². The number of hydrogen-bond acceptors (Lipinski definition) is 7. The number of rotatable bonds is 36. The SMILES string of the molecule is CC/C=C/C=C/C=C/C=C/C=C/CCCC(=O)OC(COCCC(C(=O)[O-])[N+](C)(C)C)COC(=O)CCCCCCCCCCCCCCCCCC. The highest BCUT2D eigenvalue weighted by Crippen LogP contribution is 2.15. The molecule has 0 radical (unpaired) electrons. The van der Waals surface area contributed by atoms with E-state index in [4.69, 9.17) is 14.2 Å². The Morgan fingerprint density at radius 2 is 1.06 bits per heavy atom. The lowest BCUT2D eigenvalue weighted by Crippen LogP contribution is -2.55. The summed E-state index contributed by atoms with van der Waals surface area (Å²) >= 11 is 0. The fourth-order valence-electron chi connectivity index (χ4n) is 5.81. The highest BCUT2D eigenvalue weighted by Gasteiger charge is 2.25. The normalized spacial score (nSPS) is 13.6. The van der Waals surface area contributed by atoms with Crippen LogP contribution in [0.25, 0.3) is 0 Å². The van der Waals surface area contributed by atoms with E-state index in [9.17, 15) is 19.5 Å². The quantitative estimate of drug-likeness (QED) is 0.0273. The van der Waals surface area contributed by atoms with Crippen LogP contribution in [-0.4, -0.2) is 75.5 Å². The van der Waals surface area contributed by atoms with Crippen molar-refractivity contribution in [1.29, 1.82) is 0 Å². The summed E-state index contributed by atoms with van der Waals surface area (Å²) in [7, 11) is 5.37. The van der Waals surface area contributed by atoms with Crippen molar-refractivity contribution < 1.29 is 38.2 Å². The third kappa shape index (κ3) is 34.5. The lowest BCUT2D eigenvalue weighted by molar-refractivity contribution is -0.889. The number of allylic oxidation sites excluding steroid dienone is 10. The van der Waals surface area contributed by atoms with E-state index in [0.29, 0.717) is 12.8 Å². The second kappa shape index (κ2) is 36.0. The van der Waals surface area contributed by atoms with Crippen LogP contribution in [0.5, 0.6) is 0 Å². The van der Waals surface area contributed by atoms with E-state index in [1.807, 2.05) is 54.7 Å². The predicted octanol–water partition coefficient (Wildman–Crippen LogP) is 9.69. The zero-order valence-corrected chi connectivity index (χ0v) is 34.4. The average Bonchev–Trinajstić information content (AvgIpc) is 3.11. The van der Waals surface area contributed by atoms with Crippen molar-refractivity contribution in [3.8, 4) is 0 Å². The fraction of sp³-hybridized carbons (Fsp3) is 0.711. The van der Waals surface area contributed by atoms with Crippen molar-refractivity contribution in [2.24, 2.45) is 0 Å². The zero-order valence-electron chi connectivity index (χ0n) is 34.4. The molecule has 8 heteroatoms. The standard InChI is InChI=1S/C45H77NO7/c1-6-8-10-12-14-16-18-20-21-22-24-25-27-29-31-33-35-43(47)52-40-41(39-51-38-37-42(45(49)50)46(3,4)5)53-44(48)36-34-32-30-28-26-23-19-17-15-13-11-9-7-2/h9,11,13,15,17,19,23,26,28,30,41-42H,6-8,10,12,14,16,18,20-22,24-25,27,29,31-40H2,1-5H3/b11-9+,15-13+,19-17+,26-23+,30-28+. The van der Waals surface area contributed by atoms with Crippen LogP contribution in [0, 0.1) is 0 Å². The molecule has 0 saturated heterocycles. The maximum absolute atomic E-state index is 12.6. The van der Waals surface area contributed by atoms with E-state index >= 15 is 0 Å². The first kappa shape index (κ1) is 50.0. The van der Waals surface area contributed by atoms with Gasteiger partial charge in [-0.15, -0.1) is 0 Å². The topological polar surface area (TPSA) is 102 Å². The first-order valence-electron chi connectivity index (χ1n) is 20.9. The summed E-state index contributed by atoms with van der Waals surface area (Å²) in [5, 5.41) is 11.6. The molecule has 8 nitrogen and oxygen atoms in total. The molecule has 0 rings (SSSR count). The van der Waals surface area contributed by atoms with Crippen molar-refractivity contribution in [2.45, 2.75) is 167 Å². The van der Waals surface area contributed by atoms with Crippen LogP contribution >= 0.6 is 0 Å². The highest BCUT2D eigenvalue weighted by molar-refractivity contribution is 5.70. The number of nitrogens with zero attached hydrogens (tertiary/aromatic N) is 1. The van der Waals surface area contributed by atoms with Crippen LogP contribution < -0.4 is 5.11 Å². The Bertz CT molecular complexity index is 1050. The molecule has 2 atom stereocenters. The van der Waals surface area contributed by atoms with E-state index in [2.05, 4.69) is 19.9 Å².